The molecule has 154 valence electrons. The van der Waals surface area contributed by atoms with E-state index in [-0.39, 0.29) is 11.7 Å². The Kier molecular flexibility index (Phi) is 12.7. The summed E-state index contributed by atoms with van der Waals surface area (Å²) in [5, 5.41) is 0. The molecule has 0 aromatic heterocycles. The topological polar surface area (TPSA) is 26.3 Å². The average Bonchev–Trinajstić information content (AvgIpc) is 2.65. The number of carbonyl (C=O) groups is 1. The molecule has 0 aliphatic rings. The molecule has 27 heavy (non-hydrogen) atoms. The lowest BCUT2D eigenvalue weighted by Crippen LogP contribution is -2.19. The maximum Gasteiger partial charge on any atom is 0.341 e. The quantitative estimate of drug-likeness (QED) is 0.230. The number of carbonyl (C=O) groups excluding carboxylic acids is 1. The second-order valence-electron chi connectivity index (χ2n) is 7.41. The fourth-order valence-corrected chi connectivity index (χ4v) is 3.31. The van der Waals surface area contributed by atoms with Gasteiger partial charge in [0, 0.05) is 0 Å². The van der Waals surface area contributed by atoms with Crippen molar-refractivity contribution in [1.82, 2.24) is 0 Å². The number of hydrogen-bond donors (Lipinski definition) is 0. The molecule has 1 rings (SSSR count). The van der Waals surface area contributed by atoms with Gasteiger partial charge in [-0.3, -0.25) is 0 Å². The van der Waals surface area contributed by atoms with Crippen LogP contribution in [0.2, 0.25) is 0 Å². The van der Waals surface area contributed by atoms with Gasteiger partial charge in [0.25, 0.3) is 0 Å². The molecule has 1 atom stereocenters. The first-order valence-electron chi connectivity index (χ1n) is 10.7. The Labute approximate surface area is 163 Å². The molecule has 1 unspecified atom stereocenters. The van der Waals surface area contributed by atoms with Crippen LogP contribution in [0.3, 0.4) is 0 Å². The van der Waals surface area contributed by atoms with Gasteiger partial charge in [0.15, 0.2) is 0 Å². The number of rotatable bonds is 15. The summed E-state index contributed by atoms with van der Waals surface area (Å²) in [6.07, 6.45) is 14.8. The lowest BCUT2D eigenvalue weighted by atomic mass is 10.0. The van der Waals surface area contributed by atoms with Gasteiger partial charge in [-0.15, -0.1) is 0 Å². The Balaban J connectivity index is 2.25. The van der Waals surface area contributed by atoms with Crippen molar-refractivity contribution in [2.24, 2.45) is 0 Å². The van der Waals surface area contributed by atoms with Crippen molar-refractivity contribution in [3.63, 3.8) is 0 Å². The summed E-state index contributed by atoms with van der Waals surface area (Å²) >= 11 is 0. The van der Waals surface area contributed by atoms with Gasteiger partial charge in [-0.2, -0.15) is 0 Å². The molecular formula is C23H36F2O2. The van der Waals surface area contributed by atoms with E-state index in [1.807, 2.05) is 6.92 Å². The number of esters is 1. The number of ether oxygens (including phenoxy) is 1. The third kappa shape index (κ3) is 10.5. The fourth-order valence-electron chi connectivity index (χ4n) is 3.31. The molecule has 0 aliphatic heterocycles. The predicted octanol–water partition coefficient (Wildman–Crippen LogP) is 7.60. The van der Waals surface area contributed by atoms with E-state index in [4.69, 9.17) is 4.74 Å². The highest BCUT2D eigenvalue weighted by atomic mass is 19.1. The van der Waals surface area contributed by atoms with E-state index in [1.54, 1.807) is 0 Å². The van der Waals surface area contributed by atoms with E-state index >= 15 is 0 Å². The zero-order valence-electron chi connectivity index (χ0n) is 17.1. The van der Waals surface area contributed by atoms with Crippen molar-refractivity contribution >= 4 is 5.97 Å². The number of unbranched alkanes of at least 4 members (excludes halogenated alkanes) is 9. The van der Waals surface area contributed by atoms with Gasteiger partial charge >= 0.3 is 5.97 Å². The van der Waals surface area contributed by atoms with Gasteiger partial charge in [0.2, 0.25) is 0 Å². The first kappa shape index (κ1) is 23.6. The summed E-state index contributed by atoms with van der Waals surface area (Å²) in [4.78, 5) is 12.2. The molecule has 4 heteroatoms. The Bertz CT molecular complexity index is 531. The van der Waals surface area contributed by atoms with Crippen LogP contribution in [-0.2, 0) is 4.74 Å². The summed E-state index contributed by atoms with van der Waals surface area (Å²) in [6.45, 7) is 4.26. The normalized spacial score (nSPS) is 12.1. The zero-order chi connectivity index (χ0) is 19.9. The minimum absolute atomic E-state index is 0.223. The summed E-state index contributed by atoms with van der Waals surface area (Å²) < 4.78 is 32.4. The maximum absolute atomic E-state index is 13.7. The number of hydrogen-bond acceptors (Lipinski definition) is 2. The fraction of sp³-hybridized carbons (Fsp3) is 0.696. The van der Waals surface area contributed by atoms with E-state index in [0.29, 0.717) is 0 Å². The number of benzene rings is 1. The van der Waals surface area contributed by atoms with Crippen LogP contribution in [-0.4, -0.2) is 12.1 Å². The SMILES string of the molecule is CCCCCCCCCCCCC(CCC)OC(=O)c1cc(F)ccc1F. The summed E-state index contributed by atoms with van der Waals surface area (Å²) in [7, 11) is 0. The molecular weight excluding hydrogens is 346 g/mol. The van der Waals surface area contributed by atoms with Crippen molar-refractivity contribution in [3.8, 4) is 0 Å². The second-order valence-corrected chi connectivity index (χ2v) is 7.41. The highest BCUT2D eigenvalue weighted by molar-refractivity contribution is 5.89. The first-order valence-corrected chi connectivity index (χ1v) is 10.7. The molecule has 0 N–H and O–H groups in total. The Morgan fingerprint density at radius 3 is 2.04 bits per heavy atom. The summed E-state index contributed by atoms with van der Waals surface area (Å²) in [6, 6.07) is 2.86. The lowest BCUT2D eigenvalue weighted by molar-refractivity contribution is 0.0248. The van der Waals surface area contributed by atoms with E-state index in [9.17, 15) is 13.6 Å². The molecule has 0 heterocycles. The van der Waals surface area contributed by atoms with E-state index in [0.717, 1.165) is 50.3 Å². The van der Waals surface area contributed by atoms with Crippen LogP contribution in [0.15, 0.2) is 18.2 Å². The van der Waals surface area contributed by atoms with Gasteiger partial charge in [0.1, 0.15) is 17.7 Å². The van der Waals surface area contributed by atoms with Crippen LogP contribution in [0.5, 0.6) is 0 Å². The Hall–Kier alpha value is -1.45. The highest BCUT2D eigenvalue weighted by Crippen LogP contribution is 2.18. The van der Waals surface area contributed by atoms with Crippen molar-refractivity contribution in [2.75, 3.05) is 0 Å². The van der Waals surface area contributed by atoms with Crippen LogP contribution in [0.1, 0.15) is 108 Å². The van der Waals surface area contributed by atoms with Gasteiger partial charge in [0.05, 0.1) is 5.56 Å². The van der Waals surface area contributed by atoms with Gasteiger partial charge in [-0.25, -0.2) is 13.6 Å². The standard InChI is InChI=1S/C23H36F2O2/c1-3-5-6-7-8-9-10-11-12-13-15-20(14-4-2)27-23(26)21-18-19(24)16-17-22(21)25/h16-18,20H,3-15H2,1-2H3. The van der Waals surface area contributed by atoms with Crippen LogP contribution in [0.4, 0.5) is 8.78 Å². The van der Waals surface area contributed by atoms with Crippen LogP contribution in [0.25, 0.3) is 0 Å². The summed E-state index contributed by atoms with van der Waals surface area (Å²) in [5.41, 5.74) is -0.320. The molecule has 1 aromatic rings. The number of halogens is 2. The molecule has 0 amide bonds. The van der Waals surface area contributed by atoms with Gasteiger partial charge in [-0.1, -0.05) is 78.1 Å². The van der Waals surface area contributed by atoms with Crippen molar-refractivity contribution in [3.05, 3.63) is 35.4 Å². The van der Waals surface area contributed by atoms with Crippen molar-refractivity contribution in [1.29, 1.82) is 0 Å². The van der Waals surface area contributed by atoms with E-state index in [2.05, 4.69) is 6.92 Å². The molecule has 2 nitrogen and oxygen atoms in total. The Morgan fingerprint density at radius 1 is 0.852 bits per heavy atom. The van der Waals surface area contributed by atoms with Crippen molar-refractivity contribution < 1.29 is 18.3 Å². The minimum atomic E-state index is -0.766. The van der Waals surface area contributed by atoms with Crippen LogP contribution >= 0.6 is 0 Å². The minimum Gasteiger partial charge on any atom is -0.459 e. The molecule has 0 spiro atoms. The molecule has 0 saturated heterocycles. The molecule has 0 bridgehead atoms. The van der Waals surface area contributed by atoms with Gasteiger partial charge < -0.3 is 4.74 Å². The van der Waals surface area contributed by atoms with Crippen molar-refractivity contribution in [2.45, 2.75) is 103 Å². The summed E-state index contributed by atoms with van der Waals surface area (Å²) in [5.74, 6) is -2.14. The lowest BCUT2D eigenvalue weighted by Gasteiger charge is -2.17. The molecule has 0 fully saturated rings. The Morgan fingerprint density at radius 2 is 1.44 bits per heavy atom. The first-order chi connectivity index (χ1) is 13.1. The highest BCUT2D eigenvalue weighted by Gasteiger charge is 2.19. The average molecular weight is 383 g/mol. The molecule has 1 aromatic carbocycles. The molecule has 0 aliphatic carbocycles. The molecule has 0 radical (unpaired) electrons. The molecule has 0 saturated carbocycles. The van der Waals surface area contributed by atoms with E-state index < -0.39 is 17.6 Å². The van der Waals surface area contributed by atoms with Crippen LogP contribution in [0, 0.1) is 11.6 Å². The largest absolute Gasteiger partial charge is 0.459 e. The maximum atomic E-state index is 13.7. The predicted molar refractivity (Wildman–Crippen MR) is 107 cm³/mol. The second kappa shape index (κ2) is 14.6. The monoisotopic (exact) mass is 382 g/mol. The van der Waals surface area contributed by atoms with E-state index in [1.165, 1.54) is 51.4 Å². The zero-order valence-corrected chi connectivity index (χ0v) is 17.1. The third-order valence-electron chi connectivity index (χ3n) is 4.91. The third-order valence-corrected chi connectivity index (χ3v) is 4.91. The smallest absolute Gasteiger partial charge is 0.341 e. The van der Waals surface area contributed by atoms with Gasteiger partial charge in [-0.05, 0) is 37.5 Å². The van der Waals surface area contributed by atoms with Crippen LogP contribution < -0.4 is 0 Å².